The van der Waals surface area contributed by atoms with Crippen molar-refractivity contribution in [1.82, 2.24) is 4.98 Å². The zero-order valence-corrected chi connectivity index (χ0v) is 7.29. The quantitative estimate of drug-likeness (QED) is 0.710. The first-order valence-electron chi connectivity index (χ1n) is 3.91. The summed E-state index contributed by atoms with van der Waals surface area (Å²) in [6, 6.07) is 1.90. The summed E-state index contributed by atoms with van der Waals surface area (Å²) in [5, 5.41) is 0. The topological polar surface area (TPSA) is 56.0 Å². The van der Waals surface area contributed by atoms with Gasteiger partial charge in [0.2, 0.25) is 0 Å². The minimum absolute atomic E-state index is 0.384. The fourth-order valence-electron chi connectivity index (χ4n) is 1.21. The standard InChI is InChI=1S/C9H12N2O/c1-3-7-4-5-11-8(6(7)2)9(10)12/h4-5H,3H2,1-2H3,(H2,10,12). The molecule has 0 radical (unpaired) electrons. The van der Waals surface area contributed by atoms with E-state index in [4.69, 9.17) is 5.73 Å². The molecule has 0 aliphatic heterocycles. The average molecular weight is 164 g/mol. The Morgan fingerprint density at radius 3 is 2.83 bits per heavy atom. The van der Waals surface area contributed by atoms with Crippen LogP contribution in [0.15, 0.2) is 12.3 Å². The van der Waals surface area contributed by atoms with Crippen LogP contribution in [0.5, 0.6) is 0 Å². The normalized spacial score (nSPS) is 9.83. The summed E-state index contributed by atoms with van der Waals surface area (Å²) in [6.45, 7) is 3.90. The maximum atomic E-state index is 10.8. The molecule has 64 valence electrons. The fourth-order valence-corrected chi connectivity index (χ4v) is 1.21. The van der Waals surface area contributed by atoms with E-state index in [-0.39, 0.29) is 0 Å². The first-order valence-corrected chi connectivity index (χ1v) is 3.91. The number of carbonyl (C=O) groups excluding carboxylic acids is 1. The van der Waals surface area contributed by atoms with Gasteiger partial charge in [-0.15, -0.1) is 0 Å². The van der Waals surface area contributed by atoms with Crippen molar-refractivity contribution in [3.05, 3.63) is 29.1 Å². The van der Waals surface area contributed by atoms with Crippen molar-refractivity contribution in [2.75, 3.05) is 0 Å². The Morgan fingerprint density at radius 2 is 2.33 bits per heavy atom. The van der Waals surface area contributed by atoms with Crippen LogP contribution in [0.2, 0.25) is 0 Å². The molecule has 0 atom stereocenters. The SMILES string of the molecule is CCc1ccnc(C(N)=O)c1C. The molecular formula is C9H12N2O. The molecule has 0 fully saturated rings. The first-order chi connectivity index (χ1) is 5.66. The second kappa shape index (κ2) is 3.34. The third-order valence-corrected chi connectivity index (χ3v) is 1.93. The molecule has 1 amide bonds. The maximum absolute atomic E-state index is 10.8. The van der Waals surface area contributed by atoms with Gasteiger partial charge in [0.05, 0.1) is 0 Å². The van der Waals surface area contributed by atoms with Gasteiger partial charge in [0.15, 0.2) is 0 Å². The lowest BCUT2D eigenvalue weighted by molar-refractivity contribution is 0.0995. The van der Waals surface area contributed by atoms with Crippen LogP contribution in [0.3, 0.4) is 0 Å². The summed E-state index contributed by atoms with van der Waals surface area (Å²) in [4.78, 5) is 14.8. The molecule has 0 unspecified atom stereocenters. The molecule has 0 bridgehead atoms. The number of aryl methyl sites for hydroxylation is 1. The molecule has 3 nitrogen and oxygen atoms in total. The number of aromatic nitrogens is 1. The van der Waals surface area contributed by atoms with Gasteiger partial charge in [-0.1, -0.05) is 6.92 Å². The van der Waals surface area contributed by atoms with E-state index >= 15 is 0 Å². The van der Waals surface area contributed by atoms with Gasteiger partial charge in [0, 0.05) is 6.20 Å². The highest BCUT2D eigenvalue weighted by Crippen LogP contribution is 2.10. The van der Waals surface area contributed by atoms with Crippen LogP contribution in [0.4, 0.5) is 0 Å². The molecule has 0 aliphatic rings. The molecule has 1 rings (SSSR count). The number of amides is 1. The molecule has 12 heavy (non-hydrogen) atoms. The summed E-state index contributed by atoms with van der Waals surface area (Å²) in [7, 11) is 0. The van der Waals surface area contributed by atoms with E-state index in [2.05, 4.69) is 4.98 Å². The smallest absolute Gasteiger partial charge is 0.267 e. The molecule has 3 heteroatoms. The predicted molar refractivity (Wildman–Crippen MR) is 46.9 cm³/mol. The molecule has 0 aromatic carbocycles. The predicted octanol–water partition coefficient (Wildman–Crippen LogP) is 1.05. The second-order valence-electron chi connectivity index (χ2n) is 2.66. The number of hydrogen-bond acceptors (Lipinski definition) is 2. The number of nitrogens with two attached hydrogens (primary N) is 1. The number of hydrogen-bond donors (Lipinski definition) is 1. The highest BCUT2D eigenvalue weighted by molar-refractivity contribution is 5.92. The van der Waals surface area contributed by atoms with Crippen molar-refractivity contribution in [2.45, 2.75) is 20.3 Å². The first kappa shape index (κ1) is 8.71. The van der Waals surface area contributed by atoms with E-state index in [1.54, 1.807) is 6.20 Å². The average Bonchev–Trinajstić information content (AvgIpc) is 2.04. The molecule has 0 saturated heterocycles. The zero-order chi connectivity index (χ0) is 9.14. The maximum Gasteiger partial charge on any atom is 0.267 e. The summed E-state index contributed by atoms with van der Waals surface area (Å²) < 4.78 is 0. The highest BCUT2D eigenvalue weighted by Gasteiger charge is 2.07. The van der Waals surface area contributed by atoms with Crippen molar-refractivity contribution >= 4 is 5.91 Å². The lowest BCUT2D eigenvalue weighted by atomic mass is 10.1. The molecular weight excluding hydrogens is 152 g/mol. The van der Waals surface area contributed by atoms with Gasteiger partial charge in [-0.3, -0.25) is 9.78 Å². The summed E-state index contributed by atoms with van der Waals surface area (Å²) in [6.07, 6.45) is 2.51. The lowest BCUT2D eigenvalue weighted by Gasteiger charge is -2.04. The van der Waals surface area contributed by atoms with Crippen LogP contribution in [0.25, 0.3) is 0 Å². The summed E-state index contributed by atoms with van der Waals surface area (Å²) in [5.41, 5.74) is 7.54. The molecule has 0 spiro atoms. The number of primary amides is 1. The number of rotatable bonds is 2. The van der Waals surface area contributed by atoms with Gasteiger partial charge in [-0.25, -0.2) is 0 Å². The molecule has 0 saturated carbocycles. The van der Waals surface area contributed by atoms with Gasteiger partial charge in [0.1, 0.15) is 5.69 Å². The Labute approximate surface area is 71.6 Å². The van der Waals surface area contributed by atoms with Crippen molar-refractivity contribution in [3.63, 3.8) is 0 Å². The van der Waals surface area contributed by atoms with Gasteiger partial charge in [-0.05, 0) is 30.5 Å². The van der Waals surface area contributed by atoms with E-state index in [1.807, 2.05) is 19.9 Å². The Bertz CT molecular complexity index is 307. The molecule has 2 N–H and O–H groups in total. The molecule has 1 aromatic rings. The Kier molecular flexibility index (Phi) is 2.43. The lowest BCUT2D eigenvalue weighted by Crippen LogP contribution is -2.15. The highest BCUT2D eigenvalue weighted by atomic mass is 16.1. The molecule has 1 aromatic heterocycles. The van der Waals surface area contributed by atoms with E-state index in [1.165, 1.54) is 0 Å². The van der Waals surface area contributed by atoms with Crippen LogP contribution >= 0.6 is 0 Å². The van der Waals surface area contributed by atoms with Crippen molar-refractivity contribution < 1.29 is 4.79 Å². The Hall–Kier alpha value is -1.38. The van der Waals surface area contributed by atoms with Crippen LogP contribution in [0.1, 0.15) is 28.5 Å². The minimum Gasteiger partial charge on any atom is -0.364 e. The van der Waals surface area contributed by atoms with Crippen molar-refractivity contribution in [2.24, 2.45) is 5.73 Å². The third kappa shape index (κ3) is 1.44. The third-order valence-electron chi connectivity index (χ3n) is 1.93. The fraction of sp³-hybridized carbons (Fsp3) is 0.333. The van der Waals surface area contributed by atoms with Crippen LogP contribution in [-0.2, 0) is 6.42 Å². The van der Waals surface area contributed by atoms with Crippen LogP contribution < -0.4 is 5.73 Å². The monoisotopic (exact) mass is 164 g/mol. The molecule has 0 aliphatic carbocycles. The van der Waals surface area contributed by atoms with Gasteiger partial charge in [0.25, 0.3) is 5.91 Å². The Morgan fingerprint density at radius 1 is 1.67 bits per heavy atom. The molecule has 1 heterocycles. The van der Waals surface area contributed by atoms with Gasteiger partial charge in [-0.2, -0.15) is 0 Å². The minimum atomic E-state index is -0.456. The summed E-state index contributed by atoms with van der Waals surface area (Å²) >= 11 is 0. The van der Waals surface area contributed by atoms with Gasteiger partial charge >= 0.3 is 0 Å². The number of carbonyl (C=O) groups is 1. The Balaban J connectivity index is 3.23. The van der Waals surface area contributed by atoms with E-state index < -0.39 is 5.91 Å². The largest absolute Gasteiger partial charge is 0.364 e. The number of nitrogens with zero attached hydrogens (tertiary/aromatic N) is 1. The van der Waals surface area contributed by atoms with Crippen molar-refractivity contribution in [1.29, 1.82) is 0 Å². The number of pyridine rings is 1. The van der Waals surface area contributed by atoms with E-state index in [9.17, 15) is 4.79 Å². The van der Waals surface area contributed by atoms with E-state index in [0.29, 0.717) is 5.69 Å². The van der Waals surface area contributed by atoms with Crippen LogP contribution in [-0.4, -0.2) is 10.9 Å². The van der Waals surface area contributed by atoms with E-state index in [0.717, 1.165) is 17.5 Å². The van der Waals surface area contributed by atoms with Gasteiger partial charge < -0.3 is 5.73 Å². The zero-order valence-electron chi connectivity index (χ0n) is 7.29. The van der Waals surface area contributed by atoms with Crippen LogP contribution in [0, 0.1) is 6.92 Å². The summed E-state index contributed by atoms with van der Waals surface area (Å²) in [5.74, 6) is -0.456. The second-order valence-corrected chi connectivity index (χ2v) is 2.66. The van der Waals surface area contributed by atoms with Crippen molar-refractivity contribution in [3.8, 4) is 0 Å².